The number of halogens is 3. The lowest BCUT2D eigenvalue weighted by Gasteiger charge is -2.13. The summed E-state index contributed by atoms with van der Waals surface area (Å²) in [7, 11) is 0. The summed E-state index contributed by atoms with van der Waals surface area (Å²) in [5.74, 6) is -1.81. The van der Waals surface area contributed by atoms with E-state index in [0.717, 1.165) is 12.1 Å². The molecule has 0 unspecified atom stereocenters. The summed E-state index contributed by atoms with van der Waals surface area (Å²) in [5, 5.41) is 17.6. The quantitative estimate of drug-likeness (QED) is 0.874. The molecule has 2 N–H and O–H groups in total. The molecular formula is C11H11F3O4. The van der Waals surface area contributed by atoms with Gasteiger partial charge in [0.1, 0.15) is 12.4 Å². The van der Waals surface area contributed by atoms with E-state index in [9.17, 15) is 18.0 Å². The molecule has 1 aromatic carbocycles. The van der Waals surface area contributed by atoms with Gasteiger partial charge in [0.25, 0.3) is 0 Å². The number of carboxylic acid groups (broad SMARTS) is 1. The lowest BCUT2D eigenvalue weighted by Crippen LogP contribution is -2.15. The topological polar surface area (TPSA) is 66.8 Å². The highest BCUT2D eigenvalue weighted by molar-refractivity contribution is 5.89. The maximum absolute atomic E-state index is 12.6. The van der Waals surface area contributed by atoms with Gasteiger partial charge in [0.05, 0.1) is 17.2 Å². The van der Waals surface area contributed by atoms with Crippen LogP contribution >= 0.6 is 0 Å². The zero-order valence-corrected chi connectivity index (χ0v) is 9.36. The molecule has 0 radical (unpaired) electrons. The van der Waals surface area contributed by atoms with Crippen molar-refractivity contribution in [2.75, 3.05) is 6.61 Å². The van der Waals surface area contributed by atoms with Gasteiger partial charge < -0.3 is 14.9 Å². The summed E-state index contributed by atoms with van der Waals surface area (Å²) in [6.07, 6.45) is -5.61. The van der Waals surface area contributed by atoms with E-state index in [4.69, 9.17) is 14.9 Å². The van der Waals surface area contributed by atoms with E-state index in [0.29, 0.717) is 6.07 Å². The van der Waals surface area contributed by atoms with Crippen LogP contribution in [0.2, 0.25) is 0 Å². The van der Waals surface area contributed by atoms with E-state index < -0.39 is 29.4 Å². The second-order valence-corrected chi connectivity index (χ2v) is 3.67. The predicted octanol–water partition coefficient (Wildman–Crippen LogP) is 2.16. The standard InChI is InChI=1S/C11H11F3O4/c1-6(15)5-18-7-2-3-8(10(16)17)9(4-7)11(12,13)14/h2-4,6,15H,5H2,1H3,(H,16,17)/t6-/m0/s1. The largest absolute Gasteiger partial charge is 0.491 e. The van der Waals surface area contributed by atoms with Gasteiger partial charge in [-0.1, -0.05) is 0 Å². The number of rotatable bonds is 4. The van der Waals surface area contributed by atoms with Crippen LogP contribution in [0.1, 0.15) is 22.8 Å². The average molecular weight is 264 g/mol. The molecule has 0 aliphatic rings. The van der Waals surface area contributed by atoms with Gasteiger partial charge in [0.2, 0.25) is 0 Å². The Morgan fingerprint density at radius 3 is 2.50 bits per heavy atom. The van der Waals surface area contributed by atoms with Crippen molar-refractivity contribution >= 4 is 5.97 Å². The van der Waals surface area contributed by atoms with E-state index in [1.54, 1.807) is 0 Å². The van der Waals surface area contributed by atoms with Gasteiger partial charge in [-0.05, 0) is 25.1 Å². The zero-order valence-electron chi connectivity index (χ0n) is 9.36. The maximum atomic E-state index is 12.6. The summed E-state index contributed by atoms with van der Waals surface area (Å²) in [6.45, 7) is 1.24. The van der Waals surface area contributed by atoms with Crippen molar-refractivity contribution in [2.45, 2.75) is 19.2 Å². The lowest BCUT2D eigenvalue weighted by molar-refractivity contribution is -0.138. The first-order chi connectivity index (χ1) is 8.21. The third-order valence-electron chi connectivity index (χ3n) is 2.02. The van der Waals surface area contributed by atoms with Crippen LogP contribution in [0.25, 0.3) is 0 Å². The Kier molecular flexibility index (Phi) is 4.18. The third-order valence-corrected chi connectivity index (χ3v) is 2.02. The van der Waals surface area contributed by atoms with E-state index in [2.05, 4.69) is 0 Å². The molecule has 0 saturated heterocycles. The Balaban J connectivity index is 3.10. The summed E-state index contributed by atoms with van der Waals surface area (Å²) >= 11 is 0. The Morgan fingerprint density at radius 1 is 1.44 bits per heavy atom. The second-order valence-electron chi connectivity index (χ2n) is 3.67. The van der Waals surface area contributed by atoms with Gasteiger partial charge in [0.15, 0.2) is 0 Å². The molecule has 100 valence electrons. The number of hydrogen-bond donors (Lipinski definition) is 2. The molecule has 0 aliphatic heterocycles. The molecular weight excluding hydrogens is 253 g/mol. The van der Waals surface area contributed by atoms with Crippen molar-refractivity contribution in [3.63, 3.8) is 0 Å². The number of carbonyl (C=O) groups is 1. The summed E-state index contributed by atoms with van der Waals surface area (Å²) in [5.41, 5.74) is -2.12. The molecule has 0 aliphatic carbocycles. The first kappa shape index (κ1) is 14.3. The van der Waals surface area contributed by atoms with Crippen molar-refractivity contribution in [1.29, 1.82) is 0 Å². The van der Waals surface area contributed by atoms with Gasteiger partial charge in [-0.2, -0.15) is 13.2 Å². The molecule has 4 nitrogen and oxygen atoms in total. The Hall–Kier alpha value is -1.76. The molecule has 0 aromatic heterocycles. The number of aromatic carboxylic acids is 1. The van der Waals surface area contributed by atoms with Gasteiger partial charge in [-0.3, -0.25) is 0 Å². The van der Waals surface area contributed by atoms with E-state index in [-0.39, 0.29) is 12.4 Å². The number of aliphatic hydroxyl groups is 1. The van der Waals surface area contributed by atoms with Crippen molar-refractivity contribution in [2.24, 2.45) is 0 Å². The van der Waals surface area contributed by atoms with Gasteiger partial charge in [-0.15, -0.1) is 0 Å². The molecule has 0 saturated carbocycles. The molecule has 1 rings (SSSR count). The van der Waals surface area contributed by atoms with Crippen LogP contribution in [0.3, 0.4) is 0 Å². The number of alkyl halides is 3. The van der Waals surface area contributed by atoms with Crippen molar-refractivity contribution in [3.8, 4) is 5.75 Å². The Morgan fingerprint density at radius 2 is 2.06 bits per heavy atom. The minimum atomic E-state index is -4.78. The van der Waals surface area contributed by atoms with E-state index in [1.165, 1.54) is 6.92 Å². The lowest BCUT2D eigenvalue weighted by atomic mass is 10.1. The SMILES string of the molecule is C[C@H](O)COc1ccc(C(=O)O)c(C(F)(F)F)c1. The van der Waals surface area contributed by atoms with Crippen LogP contribution in [0, 0.1) is 0 Å². The Bertz CT molecular complexity index is 440. The zero-order chi connectivity index (χ0) is 13.9. The van der Waals surface area contributed by atoms with Crippen LogP contribution < -0.4 is 4.74 Å². The average Bonchev–Trinajstić information content (AvgIpc) is 2.24. The van der Waals surface area contributed by atoms with E-state index >= 15 is 0 Å². The van der Waals surface area contributed by atoms with Crippen molar-refractivity contribution in [1.82, 2.24) is 0 Å². The maximum Gasteiger partial charge on any atom is 0.417 e. The summed E-state index contributed by atoms with van der Waals surface area (Å²) < 4.78 is 42.8. The van der Waals surface area contributed by atoms with Crippen LogP contribution in [0.5, 0.6) is 5.75 Å². The fourth-order valence-electron chi connectivity index (χ4n) is 1.25. The molecule has 0 fully saturated rings. The monoisotopic (exact) mass is 264 g/mol. The van der Waals surface area contributed by atoms with Gasteiger partial charge >= 0.3 is 12.1 Å². The fourth-order valence-corrected chi connectivity index (χ4v) is 1.25. The number of hydrogen-bond acceptors (Lipinski definition) is 3. The number of aliphatic hydroxyl groups excluding tert-OH is 1. The minimum absolute atomic E-state index is 0.145. The highest BCUT2D eigenvalue weighted by Gasteiger charge is 2.35. The second kappa shape index (κ2) is 5.26. The van der Waals surface area contributed by atoms with Crippen LogP contribution in [-0.4, -0.2) is 28.9 Å². The number of ether oxygens (including phenoxy) is 1. The minimum Gasteiger partial charge on any atom is -0.491 e. The highest BCUT2D eigenvalue weighted by Crippen LogP contribution is 2.34. The van der Waals surface area contributed by atoms with Gasteiger partial charge in [-0.25, -0.2) is 4.79 Å². The van der Waals surface area contributed by atoms with Crippen molar-refractivity contribution < 1.29 is 32.9 Å². The first-order valence-corrected chi connectivity index (χ1v) is 4.97. The Labute approximate surface area is 101 Å². The normalized spacial score (nSPS) is 13.2. The smallest absolute Gasteiger partial charge is 0.417 e. The van der Waals surface area contributed by atoms with Gasteiger partial charge in [0, 0.05) is 0 Å². The first-order valence-electron chi connectivity index (χ1n) is 4.97. The van der Waals surface area contributed by atoms with Crippen LogP contribution in [0.15, 0.2) is 18.2 Å². The molecule has 0 spiro atoms. The third kappa shape index (κ3) is 3.63. The highest BCUT2D eigenvalue weighted by atomic mass is 19.4. The number of benzene rings is 1. The molecule has 0 bridgehead atoms. The molecule has 7 heteroatoms. The molecule has 18 heavy (non-hydrogen) atoms. The summed E-state index contributed by atoms with van der Waals surface area (Å²) in [4.78, 5) is 10.7. The fraction of sp³-hybridized carbons (Fsp3) is 0.364. The molecule has 0 heterocycles. The molecule has 1 aromatic rings. The summed E-state index contributed by atoms with van der Waals surface area (Å²) in [6, 6.07) is 2.54. The van der Waals surface area contributed by atoms with Crippen LogP contribution in [-0.2, 0) is 6.18 Å². The van der Waals surface area contributed by atoms with Crippen LogP contribution in [0.4, 0.5) is 13.2 Å². The number of carboxylic acids is 1. The van der Waals surface area contributed by atoms with Crippen molar-refractivity contribution in [3.05, 3.63) is 29.3 Å². The molecule has 1 atom stereocenters. The predicted molar refractivity (Wildman–Crippen MR) is 55.6 cm³/mol. The molecule has 0 amide bonds. The van der Waals surface area contributed by atoms with E-state index in [1.807, 2.05) is 0 Å².